The molecule has 8 heteroatoms. The fourth-order valence-corrected chi connectivity index (χ4v) is 5.45. The molecule has 0 spiro atoms. The summed E-state index contributed by atoms with van der Waals surface area (Å²) in [6.45, 7) is 1.00. The van der Waals surface area contributed by atoms with E-state index in [1.54, 1.807) is 0 Å². The standard InChI is InChI=1S/C9H18BrNO4S2/c1-16(12,13)6-7-17(14,15)11-4-2-9(8-10)3-5-11/h9H,2-8H2,1H3. The maximum Gasteiger partial charge on any atom is 0.215 e. The summed E-state index contributed by atoms with van der Waals surface area (Å²) in [6, 6.07) is 0. The Morgan fingerprint density at radius 1 is 1.12 bits per heavy atom. The number of piperidine rings is 1. The Balaban J connectivity index is 2.55. The van der Waals surface area contributed by atoms with Gasteiger partial charge in [-0.3, -0.25) is 0 Å². The van der Waals surface area contributed by atoms with E-state index in [2.05, 4.69) is 15.9 Å². The van der Waals surface area contributed by atoms with Gasteiger partial charge in [-0.25, -0.2) is 21.1 Å². The molecular formula is C9H18BrNO4S2. The fourth-order valence-electron chi connectivity index (χ4n) is 1.73. The number of rotatable bonds is 5. The van der Waals surface area contributed by atoms with Crippen molar-refractivity contribution in [1.82, 2.24) is 4.31 Å². The molecule has 0 unspecified atom stereocenters. The van der Waals surface area contributed by atoms with Crippen LogP contribution in [0.2, 0.25) is 0 Å². The van der Waals surface area contributed by atoms with E-state index in [1.807, 2.05) is 0 Å². The van der Waals surface area contributed by atoms with Gasteiger partial charge in [0, 0.05) is 24.7 Å². The Bertz CT molecular complexity index is 438. The second kappa shape index (κ2) is 5.99. The zero-order chi connectivity index (χ0) is 13.1. The minimum atomic E-state index is -3.41. The molecule has 0 bridgehead atoms. The molecule has 0 atom stereocenters. The van der Waals surface area contributed by atoms with E-state index in [0.29, 0.717) is 19.0 Å². The lowest BCUT2D eigenvalue weighted by Crippen LogP contribution is -2.41. The summed E-state index contributed by atoms with van der Waals surface area (Å²) in [5.74, 6) is -0.0743. The molecule has 0 N–H and O–H groups in total. The van der Waals surface area contributed by atoms with E-state index in [9.17, 15) is 16.8 Å². The summed E-state index contributed by atoms with van der Waals surface area (Å²) in [4.78, 5) is 0. The van der Waals surface area contributed by atoms with Gasteiger partial charge in [0.1, 0.15) is 9.84 Å². The van der Waals surface area contributed by atoms with Gasteiger partial charge in [0.15, 0.2) is 0 Å². The van der Waals surface area contributed by atoms with Gasteiger partial charge in [0.25, 0.3) is 0 Å². The maximum absolute atomic E-state index is 11.9. The first-order chi connectivity index (χ1) is 7.74. The zero-order valence-corrected chi connectivity index (χ0v) is 13.0. The largest absolute Gasteiger partial charge is 0.229 e. The van der Waals surface area contributed by atoms with Gasteiger partial charge < -0.3 is 0 Å². The molecule has 0 aliphatic carbocycles. The highest BCUT2D eigenvalue weighted by atomic mass is 79.9. The number of hydrogen-bond donors (Lipinski definition) is 0. The predicted molar refractivity (Wildman–Crippen MR) is 71.6 cm³/mol. The van der Waals surface area contributed by atoms with Crippen molar-refractivity contribution in [2.45, 2.75) is 12.8 Å². The third-order valence-corrected chi connectivity index (χ3v) is 6.89. The van der Waals surface area contributed by atoms with Crippen molar-refractivity contribution in [2.75, 3.05) is 36.2 Å². The molecule has 0 aromatic heterocycles. The molecule has 0 saturated carbocycles. The molecule has 17 heavy (non-hydrogen) atoms. The summed E-state index contributed by atoms with van der Waals surface area (Å²) >= 11 is 3.39. The quantitative estimate of drug-likeness (QED) is 0.677. The number of sulfonamides is 1. The third-order valence-electron chi connectivity index (χ3n) is 2.90. The average Bonchev–Trinajstić information content (AvgIpc) is 2.26. The Morgan fingerprint density at radius 3 is 2.06 bits per heavy atom. The summed E-state index contributed by atoms with van der Waals surface area (Å²) in [6.07, 6.45) is 2.73. The number of hydrogen-bond acceptors (Lipinski definition) is 4. The molecule has 1 rings (SSSR count). The summed E-state index contributed by atoms with van der Waals surface area (Å²) in [7, 11) is -6.63. The highest BCUT2D eigenvalue weighted by molar-refractivity contribution is 9.09. The van der Waals surface area contributed by atoms with Crippen molar-refractivity contribution in [1.29, 1.82) is 0 Å². The van der Waals surface area contributed by atoms with E-state index in [1.165, 1.54) is 4.31 Å². The number of alkyl halides is 1. The van der Waals surface area contributed by atoms with E-state index in [4.69, 9.17) is 0 Å². The van der Waals surface area contributed by atoms with Crippen LogP contribution in [0.3, 0.4) is 0 Å². The fraction of sp³-hybridized carbons (Fsp3) is 1.00. The minimum absolute atomic E-state index is 0.298. The number of sulfone groups is 1. The Hall–Kier alpha value is 0.340. The summed E-state index contributed by atoms with van der Waals surface area (Å²) < 4.78 is 47.1. The Kier molecular flexibility index (Phi) is 5.42. The van der Waals surface area contributed by atoms with Crippen LogP contribution < -0.4 is 0 Å². The van der Waals surface area contributed by atoms with Crippen molar-refractivity contribution in [3.63, 3.8) is 0 Å². The molecule has 1 heterocycles. The highest BCUT2D eigenvalue weighted by Gasteiger charge is 2.28. The van der Waals surface area contributed by atoms with Gasteiger partial charge in [-0.05, 0) is 18.8 Å². The number of nitrogens with zero attached hydrogens (tertiary/aromatic N) is 1. The molecular weight excluding hydrogens is 330 g/mol. The van der Waals surface area contributed by atoms with Crippen molar-refractivity contribution in [2.24, 2.45) is 5.92 Å². The smallest absolute Gasteiger partial charge is 0.215 e. The van der Waals surface area contributed by atoms with Gasteiger partial charge in [-0.15, -0.1) is 0 Å². The molecule has 102 valence electrons. The maximum atomic E-state index is 11.9. The first kappa shape index (κ1) is 15.4. The van der Waals surface area contributed by atoms with E-state index >= 15 is 0 Å². The third kappa shape index (κ3) is 5.23. The highest BCUT2D eigenvalue weighted by Crippen LogP contribution is 2.21. The zero-order valence-electron chi connectivity index (χ0n) is 9.80. The summed E-state index contributed by atoms with van der Waals surface area (Å²) in [5.41, 5.74) is 0. The molecule has 1 aliphatic heterocycles. The lowest BCUT2D eigenvalue weighted by molar-refractivity contribution is 0.292. The predicted octanol–water partition coefficient (Wildman–Crippen LogP) is 0.468. The SMILES string of the molecule is CS(=O)(=O)CCS(=O)(=O)N1CCC(CBr)CC1. The van der Waals surface area contributed by atoms with Crippen molar-refractivity contribution in [3.05, 3.63) is 0 Å². The van der Waals surface area contributed by atoms with Gasteiger partial charge >= 0.3 is 0 Å². The van der Waals surface area contributed by atoms with Crippen LogP contribution in [-0.2, 0) is 19.9 Å². The molecule has 0 aromatic carbocycles. The Labute approximate surface area is 112 Å². The van der Waals surface area contributed by atoms with Crippen LogP contribution in [0.5, 0.6) is 0 Å². The van der Waals surface area contributed by atoms with Crippen LogP contribution in [-0.4, -0.2) is 57.3 Å². The van der Waals surface area contributed by atoms with Crippen LogP contribution in [0.4, 0.5) is 0 Å². The van der Waals surface area contributed by atoms with Crippen LogP contribution in [0.25, 0.3) is 0 Å². The molecule has 0 aromatic rings. The van der Waals surface area contributed by atoms with Crippen molar-refractivity contribution in [3.8, 4) is 0 Å². The van der Waals surface area contributed by atoms with Gasteiger partial charge in [0.2, 0.25) is 10.0 Å². The average molecular weight is 348 g/mol. The van der Waals surface area contributed by atoms with Crippen molar-refractivity contribution < 1.29 is 16.8 Å². The van der Waals surface area contributed by atoms with Crippen LogP contribution in [0, 0.1) is 5.92 Å². The van der Waals surface area contributed by atoms with Gasteiger partial charge in [-0.2, -0.15) is 0 Å². The summed E-state index contributed by atoms with van der Waals surface area (Å²) in [5, 5.41) is 0.893. The Morgan fingerprint density at radius 2 is 1.65 bits per heavy atom. The van der Waals surface area contributed by atoms with Gasteiger partial charge in [0.05, 0.1) is 11.5 Å². The second-order valence-electron chi connectivity index (χ2n) is 4.44. The lowest BCUT2D eigenvalue weighted by Gasteiger charge is -2.30. The first-order valence-electron chi connectivity index (χ1n) is 5.46. The first-order valence-corrected chi connectivity index (χ1v) is 10.3. The molecule has 1 saturated heterocycles. The van der Waals surface area contributed by atoms with E-state index in [-0.39, 0.29) is 11.5 Å². The molecule has 5 nitrogen and oxygen atoms in total. The normalized spacial score (nSPS) is 20.6. The molecule has 1 fully saturated rings. The molecule has 0 radical (unpaired) electrons. The lowest BCUT2D eigenvalue weighted by atomic mass is 10.0. The number of halogens is 1. The minimum Gasteiger partial charge on any atom is -0.229 e. The molecule has 1 aliphatic rings. The van der Waals surface area contributed by atoms with E-state index in [0.717, 1.165) is 24.4 Å². The monoisotopic (exact) mass is 347 g/mol. The van der Waals surface area contributed by atoms with Crippen LogP contribution in [0.15, 0.2) is 0 Å². The van der Waals surface area contributed by atoms with Gasteiger partial charge in [-0.1, -0.05) is 15.9 Å². The van der Waals surface area contributed by atoms with Crippen LogP contribution >= 0.6 is 15.9 Å². The van der Waals surface area contributed by atoms with E-state index < -0.39 is 19.9 Å². The van der Waals surface area contributed by atoms with Crippen molar-refractivity contribution >= 4 is 35.8 Å². The topological polar surface area (TPSA) is 71.5 Å². The van der Waals surface area contributed by atoms with Crippen LogP contribution in [0.1, 0.15) is 12.8 Å². The second-order valence-corrected chi connectivity index (χ2v) is 9.44. The molecule has 0 amide bonds.